The van der Waals surface area contributed by atoms with Crippen LogP contribution in [0.1, 0.15) is 18.3 Å². The van der Waals surface area contributed by atoms with Crippen LogP contribution in [0.5, 0.6) is 0 Å². The normalized spacial score (nSPS) is 15.6. The first-order chi connectivity index (χ1) is 13.0. The molecule has 138 valence electrons. The molecule has 27 heavy (non-hydrogen) atoms. The third-order valence-corrected chi connectivity index (χ3v) is 4.93. The standard InChI is InChI=1S/C22H25N5/c1-15-13-17-7-5-6-8-20(17)27(15)22-14-21(23-16(2)24-22)25-18-9-11-19(12-10-18)26(3)4/h5-12,14-15H,13H2,1-4H3,(H,23,24,25). The topological polar surface area (TPSA) is 44.3 Å². The van der Waals surface area contributed by atoms with Gasteiger partial charge in [-0.25, -0.2) is 9.97 Å². The van der Waals surface area contributed by atoms with E-state index in [1.165, 1.54) is 16.9 Å². The smallest absolute Gasteiger partial charge is 0.139 e. The lowest BCUT2D eigenvalue weighted by Crippen LogP contribution is -2.25. The Kier molecular flexibility index (Phi) is 4.44. The Labute approximate surface area is 160 Å². The van der Waals surface area contributed by atoms with E-state index in [2.05, 4.69) is 75.6 Å². The van der Waals surface area contributed by atoms with E-state index in [0.717, 1.165) is 29.6 Å². The highest BCUT2D eigenvalue weighted by Gasteiger charge is 2.28. The van der Waals surface area contributed by atoms with Crippen molar-refractivity contribution in [3.63, 3.8) is 0 Å². The molecule has 0 bridgehead atoms. The summed E-state index contributed by atoms with van der Waals surface area (Å²) in [4.78, 5) is 13.7. The number of hydrogen-bond acceptors (Lipinski definition) is 5. The number of aryl methyl sites for hydroxylation is 1. The summed E-state index contributed by atoms with van der Waals surface area (Å²) in [7, 11) is 4.08. The molecule has 0 aliphatic carbocycles. The largest absolute Gasteiger partial charge is 0.378 e. The average Bonchev–Trinajstić information content (AvgIpc) is 2.97. The Morgan fingerprint density at radius 1 is 1.04 bits per heavy atom. The van der Waals surface area contributed by atoms with E-state index in [9.17, 15) is 0 Å². The molecule has 1 unspecified atom stereocenters. The lowest BCUT2D eigenvalue weighted by atomic mass is 10.1. The molecule has 0 amide bonds. The molecule has 5 heteroatoms. The Morgan fingerprint density at radius 3 is 2.52 bits per heavy atom. The summed E-state index contributed by atoms with van der Waals surface area (Å²) in [6.07, 6.45) is 1.04. The minimum Gasteiger partial charge on any atom is -0.378 e. The quantitative estimate of drug-likeness (QED) is 0.733. The molecule has 0 fully saturated rings. The predicted molar refractivity (Wildman–Crippen MR) is 113 cm³/mol. The van der Waals surface area contributed by atoms with Crippen molar-refractivity contribution in [1.29, 1.82) is 0 Å². The van der Waals surface area contributed by atoms with Crippen LogP contribution in [-0.4, -0.2) is 30.1 Å². The van der Waals surface area contributed by atoms with Crippen LogP contribution < -0.4 is 15.1 Å². The summed E-state index contributed by atoms with van der Waals surface area (Å²) in [6.45, 7) is 4.18. The average molecular weight is 359 g/mol. The molecule has 2 aromatic carbocycles. The molecular weight excluding hydrogens is 334 g/mol. The van der Waals surface area contributed by atoms with Crippen LogP contribution >= 0.6 is 0 Å². The van der Waals surface area contributed by atoms with Gasteiger partial charge in [0.1, 0.15) is 17.5 Å². The maximum absolute atomic E-state index is 4.71. The summed E-state index contributed by atoms with van der Waals surface area (Å²) >= 11 is 0. The highest BCUT2D eigenvalue weighted by molar-refractivity contribution is 5.71. The summed E-state index contributed by atoms with van der Waals surface area (Å²) in [6, 6.07) is 19.3. The number of para-hydroxylation sites is 1. The van der Waals surface area contributed by atoms with Crippen LogP contribution in [0, 0.1) is 6.92 Å². The number of fused-ring (bicyclic) bond motifs is 1. The molecule has 2 heterocycles. The van der Waals surface area contributed by atoms with Gasteiger partial charge in [-0.15, -0.1) is 0 Å². The SMILES string of the molecule is Cc1nc(Nc2ccc(N(C)C)cc2)cc(N2c3ccccc3CC2C)n1. The van der Waals surface area contributed by atoms with E-state index in [1.54, 1.807) is 0 Å². The summed E-state index contributed by atoms with van der Waals surface area (Å²) in [5, 5.41) is 3.42. The number of rotatable bonds is 4. The van der Waals surface area contributed by atoms with Gasteiger partial charge in [-0.2, -0.15) is 0 Å². The van der Waals surface area contributed by atoms with E-state index in [0.29, 0.717) is 6.04 Å². The van der Waals surface area contributed by atoms with Gasteiger partial charge in [0.15, 0.2) is 0 Å². The van der Waals surface area contributed by atoms with Gasteiger partial charge in [0.25, 0.3) is 0 Å². The molecule has 3 aromatic rings. The first kappa shape index (κ1) is 17.3. The van der Waals surface area contributed by atoms with Gasteiger partial charge in [0.05, 0.1) is 0 Å². The molecule has 0 saturated heterocycles. The zero-order valence-corrected chi connectivity index (χ0v) is 16.3. The number of aromatic nitrogens is 2. The van der Waals surface area contributed by atoms with Crippen molar-refractivity contribution in [2.24, 2.45) is 0 Å². The zero-order chi connectivity index (χ0) is 19.0. The molecular formula is C22H25N5. The van der Waals surface area contributed by atoms with Gasteiger partial charge < -0.3 is 15.1 Å². The number of hydrogen-bond donors (Lipinski definition) is 1. The number of benzene rings is 2. The summed E-state index contributed by atoms with van der Waals surface area (Å²) < 4.78 is 0. The predicted octanol–water partition coefficient (Wildman–Crippen LogP) is 4.68. The van der Waals surface area contributed by atoms with Crippen molar-refractivity contribution < 1.29 is 0 Å². The van der Waals surface area contributed by atoms with Crippen LogP contribution in [0.4, 0.5) is 28.7 Å². The van der Waals surface area contributed by atoms with E-state index in [-0.39, 0.29) is 0 Å². The monoisotopic (exact) mass is 359 g/mol. The second kappa shape index (κ2) is 6.91. The molecule has 0 radical (unpaired) electrons. The van der Waals surface area contributed by atoms with Crippen LogP contribution in [0.2, 0.25) is 0 Å². The molecule has 4 rings (SSSR count). The minimum absolute atomic E-state index is 0.379. The Morgan fingerprint density at radius 2 is 1.78 bits per heavy atom. The second-order valence-corrected chi connectivity index (χ2v) is 7.28. The van der Waals surface area contributed by atoms with Crippen LogP contribution in [-0.2, 0) is 6.42 Å². The number of nitrogens with zero attached hydrogens (tertiary/aromatic N) is 4. The molecule has 1 N–H and O–H groups in total. The van der Waals surface area contributed by atoms with Crippen molar-refractivity contribution in [2.45, 2.75) is 26.3 Å². The van der Waals surface area contributed by atoms with E-state index >= 15 is 0 Å². The molecule has 5 nitrogen and oxygen atoms in total. The van der Waals surface area contributed by atoms with Crippen LogP contribution in [0.3, 0.4) is 0 Å². The minimum atomic E-state index is 0.379. The molecule has 1 aliphatic heterocycles. The molecule has 0 spiro atoms. The fourth-order valence-corrected chi connectivity index (χ4v) is 3.64. The van der Waals surface area contributed by atoms with Gasteiger partial charge >= 0.3 is 0 Å². The molecule has 1 aromatic heterocycles. The van der Waals surface area contributed by atoms with Crippen molar-refractivity contribution in [2.75, 3.05) is 29.2 Å². The van der Waals surface area contributed by atoms with Gasteiger partial charge in [0.2, 0.25) is 0 Å². The maximum Gasteiger partial charge on any atom is 0.139 e. The zero-order valence-electron chi connectivity index (χ0n) is 16.3. The van der Waals surface area contributed by atoms with Gasteiger partial charge in [-0.05, 0) is 56.2 Å². The van der Waals surface area contributed by atoms with E-state index in [1.807, 2.05) is 27.1 Å². The van der Waals surface area contributed by atoms with E-state index in [4.69, 9.17) is 4.98 Å². The Balaban J connectivity index is 1.64. The van der Waals surface area contributed by atoms with Crippen molar-refractivity contribution >= 4 is 28.7 Å². The van der Waals surface area contributed by atoms with Crippen molar-refractivity contribution in [1.82, 2.24) is 9.97 Å². The van der Waals surface area contributed by atoms with Gasteiger partial charge in [-0.1, -0.05) is 18.2 Å². The molecule has 1 atom stereocenters. The maximum atomic E-state index is 4.71. The first-order valence-electron chi connectivity index (χ1n) is 9.28. The highest BCUT2D eigenvalue weighted by atomic mass is 15.2. The van der Waals surface area contributed by atoms with E-state index < -0.39 is 0 Å². The first-order valence-corrected chi connectivity index (χ1v) is 9.28. The second-order valence-electron chi connectivity index (χ2n) is 7.28. The summed E-state index contributed by atoms with van der Waals surface area (Å²) in [5.74, 6) is 2.51. The molecule has 0 saturated carbocycles. The van der Waals surface area contributed by atoms with Crippen LogP contribution in [0.15, 0.2) is 54.6 Å². The Bertz CT molecular complexity index is 949. The van der Waals surface area contributed by atoms with Gasteiger partial charge in [-0.3, -0.25) is 0 Å². The van der Waals surface area contributed by atoms with Crippen molar-refractivity contribution in [3.05, 3.63) is 66.0 Å². The fraction of sp³-hybridized carbons (Fsp3) is 0.273. The third kappa shape index (κ3) is 3.45. The van der Waals surface area contributed by atoms with Crippen LogP contribution in [0.25, 0.3) is 0 Å². The molecule has 1 aliphatic rings. The lowest BCUT2D eigenvalue weighted by Gasteiger charge is -2.24. The highest BCUT2D eigenvalue weighted by Crippen LogP contribution is 2.37. The fourth-order valence-electron chi connectivity index (χ4n) is 3.64. The summed E-state index contributed by atoms with van der Waals surface area (Å²) in [5.41, 5.74) is 4.79. The van der Waals surface area contributed by atoms with Gasteiger partial charge in [0, 0.05) is 43.3 Å². The lowest BCUT2D eigenvalue weighted by molar-refractivity contribution is 0.747. The van der Waals surface area contributed by atoms with Crippen molar-refractivity contribution in [3.8, 4) is 0 Å². The number of anilines is 5. The Hall–Kier alpha value is -3.08. The third-order valence-electron chi connectivity index (χ3n) is 4.93. The number of nitrogens with one attached hydrogen (secondary N) is 1.